The summed E-state index contributed by atoms with van der Waals surface area (Å²) in [6, 6.07) is 3.95. The number of hydrogen-bond donors (Lipinski definition) is 0. The molecule has 19 heavy (non-hydrogen) atoms. The van der Waals surface area contributed by atoms with Gasteiger partial charge in [-0.25, -0.2) is 4.79 Å². The van der Waals surface area contributed by atoms with Gasteiger partial charge in [-0.3, -0.25) is 0 Å². The van der Waals surface area contributed by atoms with Crippen LogP contribution in [-0.2, 0) is 15.7 Å². The molecule has 0 aliphatic rings. The van der Waals surface area contributed by atoms with E-state index in [1.807, 2.05) is 0 Å². The topological polar surface area (TPSA) is 35.5 Å². The Morgan fingerprint density at radius 2 is 1.68 bits per heavy atom. The standard InChI is InChI=1S/C13H15F3O3/c1-18-8-2-3-9-19-12(17)10-4-6-11(7-5-10)13(14,15)16/h4-7H,2-3,8-9H2,1H3. The van der Waals surface area contributed by atoms with Crippen LogP contribution in [0.25, 0.3) is 0 Å². The van der Waals surface area contributed by atoms with Gasteiger partial charge >= 0.3 is 12.1 Å². The molecule has 3 nitrogen and oxygen atoms in total. The van der Waals surface area contributed by atoms with Crippen molar-refractivity contribution < 1.29 is 27.4 Å². The van der Waals surface area contributed by atoms with Crippen molar-refractivity contribution in [2.75, 3.05) is 20.3 Å². The first-order valence-corrected chi connectivity index (χ1v) is 5.78. The number of alkyl halides is 3. The van der Waals surface area contributed by atoms with Gasteiger partial charge in [0.1, 0.15) is 0 Å². The molecule has 0 unspecified atom stereocenters. The summed E-state index contributed by atoms with van der Waals surface area (Å²) in [5.74, 6) is -0.619. The summed E-state index contributed by atoms with van der Waals surface area (Å²) in [5.41, 5.74) is -0.677. The Balaban J connectivity index is 2.45. The number of hydrogen-bond acceptors (Lipinski definition) is 3. The lowest BCUT2D eigenvalue weighted by molar-refractivity contribution is -0.137. The minimum absolute atomic E-state index is 0.111. The third-order valence-electron chi connectivity index (χ3n) is 2.42. The van der Waals surface area contributed by atoms with Gasteiger partial charge in [-0.15, -0.1) is 0 Å². The summed E-state index contributed by atoms with van der Waals surface area (Å²) in [4.78, 5) is 11.5. The van der Waals surface area contributed by atoms with Crippen LogP contribution >= 0.6 is 0 Å². The maximum atomic E-state index is 12.3. The number of ether oxygens (including phenoxy) is 2. The van der Waals surface area contributed by atoms with E-state index in [1.165, 1.54) is 0 Å². The Morgan fingerprint density at radius 3 is 2.21 bits per heavy atom. The molecule has 0 amide bonds. The molecule has 0 aromatic heterocycles. The molecule has 0 saturated carbocycles. The van der Waals surface area contributed by atoms with Gasteiger partial charge < -0.3 is 9.47 Å². The van der Waals surface area contributed by atoms with Crippen LogP contribution in [-0.4, -0.2) is 26.3 Å². The van der Waals surface area contributed by atoms with E-state index >= 15 is 0 Å². The number of rotatable bonds is 6. The summed E-state index contributed by atoms with van der Waals surface area (Å²) >= 11 is 0. The van der Waals surface area contributed by atoms with Gasteiger partial charge in [0.2, 0.25) is 0 Å². The number of unbranched alkanes of at least 4 members (excludes halogenated alkanes) is 1. The fraction of sp³-hybridized carbons (Fsp3) is 0.462. The van der Waals surface area contributed by atoms with Gasteiger partial charge in [-0.05, 0) is 37.1 Å². The normalized spacial score (nSPS) is 11.4. The molecule has 0 bridgehead atoms. The zero-order chi connectivity index (χ0) is 14.3. The molecule has 0 N–H and O–H groups in total. The monoisotopic (exact) mass is 276 g/mol. The van der Waals surface area contributed by atoms with Crippen LogP contribution in [0.4, 0.5) is 13.2 Å². The van der Waals surface area contributed by atoms with E-state index in [0.29, 0.717) is 13.0 Å². The minimum Gasteiger partial charge on any atom is -0.462 e. The molecule has 0 spiro atoms. The highest BCUT2D eigenvalue weighted by Gasteiger charge is 2.30. The Kier molecular flexibility index (Phi) is 5.82. The second-order valence-electron chi connectivity index (χ2n) is 3.91. The second-order valence-corrected chi connectivity index (χ2v) is 3.91. The third kappa shape index (κ3) is 5.30. The highest BCUT2D eigenvalue weighted by atomic mass is 19.4. The summed E-state index contributed by atoms with van der Waals surface area (Å²) in [7, 11) is 1.58. The van der Waals surface area contributed by atoms with Crippen molar-refractivity contribution in [1.29, 1.82) is 0 Å². The fourth-order valence-electron chi connectivity index (χ4n) is 1.39. The average molecular weight is 276 g/mol. The van der Waals surface area contributed by atoms with Crippen molar-refractivity contribution in [3.05, 3.63) is 35.4 Å². The van der Waals surface area contributed by atoms with Gasteiger partial charge in [0.05, 0.1) is 17.7 Å². The van der Waals surface area contributed by atoms with Gasteiger partial charge in [0.25, 0.3) is 0 Å². The minimum atomic E-state index is -4.40. The van der Waals surface area contributed by atoms with Gasteiger partial charge in [0, 0.05) is 13.7 Å². The van der Waals surface area contributed by atoms with E-state index in [4.69, 9.17) is 9.47 Å². The van der Waals surface area contributed by atoms with Crippen molar-refractivity contribution in [3.63, 3.8) is 0 Å². The van der Waals surface area contributed by atoms with E-state index in [1.54, 1.807) is 7.11 Å². The number of halogens is 3. The molecule has 1 aromatic carbocycles. The highest BCUT2D eigenvalue weighted by molar-refractivity contribution is 5.89. The lowest BCUT2D eigenvalue weighted by atomic mass is 10.1. The fourth-order valence-corrected chi connectivity index (χ4v) is 1.39. The Morgan fingerprint density at radius 1 is 1.11 bits per heavy atom. The average Bonchev–Trinajstić information content (AvgIpc) is 2.37. The first-order valence-electron chi connectivity index (χ1n) is 5.78. The Bertz CT molecular complexity index is 399. The predicted molar refractivity (Wildman–Crippen MR) is 62.8 cm³/mol. The number of esters is 1. The van der Waals surface area contributed by atoms with Crippen LogP contribution in [0, 0.1) is 0 Å². The molecule has 0 saturated heterocycles. The highest BCUT2D eigenvalue weighted by Crippen LogP contribution is 2.29. The van der Waals surface area contributed by atoms with Crippen molar-refractivity contribution in [1.82, 2.24) is 0 Å². The Labute approximate surface area is 109 Å². The van der Waals surface area contributed by atoms with E-state index in [0.717, 1.165) is 30.7 Å². The lowest BCUT2D eigenvalue weighted by Gasteiger charge is -2.08. The molecule has 0 fully saturated rings. The van der Waals surface area contributed by atoms with Gasteiger partial charge in [0.15, 0.2) is 0 Å². The first kappa shape index (κ1) is 15.5. The zero-order valence-corrected chi connectivity index (χ0v) is 10.5. The predicted octanol–water partition coefficient (Wildman–Crippen LogP) is 3.29. The smallest absolute Gasteiger partial charge is 0.416 e. The largest absolute Gasteiger partial charge is 0.462 e. The van der Waals surface area contributed by atoms with Crippen molar-refractivity contribution >= 4 is 5.97 Å². The maximum Gasteiger partial charge on any atom is 0.416 e. The van der Waals surface area contributed by atoms with Gasteiger partial charge in [-0.1, -0.05) is 0 Å². The number of benzene rings is 1. The second kappa shape index (κ2) is 7.13. The van der Waals surface area contributed by atoms with Crippen LogP contribution in [0.5, 0.6) is 0 Å². The molecule has 0 atom stereocenters. The van der Waals surface area contributed by atoms with Crippen LogP contribution < -0.4 is 0 Å². The van der Waals surface area contributed by atoms with Gasteiger partial charge in [-0.2, -0.15) is 13.2 Å². The zero-order valence-electron chi connectivity index (χ0n) is 10.5. The number of methoxy groups -OCH3 is 1. The van der Waals surface area contributed by atoms with Crippen LogP contribution in [0.1, 0.15) is 28.8 Å². The van der Waals surface area contributed by atoms with Crippen LogP contribution in [0.3, 0.4) is 0 Å². The van der Waals surface area contributed by atoms with E-state index in [9.17, 15) is 18.0 Å². The lowest BCUT2D eigenvalue weighted by Crippen LogP contribution is -2.09. The van der Waals surface area contributed by atoms with Crippen LogP contribution in [0.15, 0.2) is 24.3 Å². The van der Waals surface area contributed by atoms with Crippen LogP contribution in [0.2, 0.25) is 0 Å². The molecule has 6 heteroatoms. The molecular formula is C13H15F3O3. The molecule has 0 radical (unpaired) electrons. The van der Waals surface area contributed by atoms with Crippen molar-refractivity contribution in [3.8, 4) is 0 Å². The van der Waals surface area contributed by atoms with Crippen molar-refractivity contribution in [2.24, 2.45) is 0 Å². The third-order valence-corrected chi connectivity index (χ3v) is 2.42. The van der Waals surface area contributed by atoms with E-state index < -0.39 is 17.7 Å². The summed E-state index contributed by atoms with van der Waals surface area (Å²) in [6.45, 7) is 0.807. The molecule has 1 rings (SSSR count). The summed E-state index contributed by atoms with van der Waals surface area (Å²) in [5, 5.41) is 0. The first-order chi connectivity index (χ1) is 8.95. The molecule has 0 aliphatic carbocycles. The molecule has 0 heterocycles. The molecule has 1 aromatic rings. The van der Waals surface area contributed by atoms with Crippen molar-refractivity contribution in [2.45, 2.75) is 19.0 Å². The Hall–Kier alpha value is -1.56. The number of carbonyl (C=O) groups excluding carboxylic acids is 1. The van der Waals surface area contributed by atoms with E-state index in [-0.39, 0.29) is 12.2 Å². The molecule has 0 aliphatic heterocycles. The quantitative estimate of drug-likeness (QED) is 0.591. The SMILES string of the molecule is COCCCCOC(=O)c1ccc(C(F)(F)F)cc1. The summed E-state index contributed by atoms with van der Waals surface area (Å²) in [6.07, 6.45) is -2.99. The molecular weight excluding hydrogens is 261 g/mol. The molecule has 106 valence electrons. The van der Waals surface area contributed by atoms with E-state index in [2.05, 4.69) is 0 Å². The maximum absolute atomic E-state index is 12.3. The number of carbonyl (C=O) groups is 1. The summed E-state index contributed by atoms with van der Waals surface area (Å²) < 4.78 is 46.7.